The summed E-state index contributed by atoms with van der Waals surface area (Å²) in [6.07, 6.45) is 1.74. The summed E-state index contributed by atoms with van der Waals surface area (Å²) in [6.45, 7) is 7.05. The van der Waals surface area contributed by atoms with Gasteiger partial charge in [-0.05, 0) is 32.0 Å². The highest BCUT2D eigenvalue weighted by molar-refractivity contribution is 8.13. The third-order valence-corrected chi connectivity index (χ3v) is 4.72. The molecule has 10 heteroatoms. The van der Waals surface area contributed by atoms with Crippen LogP contribution in [0.15, 0.2) is 24.4 Å². The van der Waals surface area contributed by atoms with Crippen molar-refractivity contribution in [2.75, 3.05) is 11.1 Å². The smallest absolute Gasteiger partial charge is 0.252 e. The molecule has 2 N–H and O–H groups in total. The first-order valence-corrected chi connectivity index (χ1v) is 9.88. The molecule has 0 saturated heterocycles. The molecule has 28 heavy (non-hydrogen) atoms. The van der Waals surface area contributed by atoms with Crippen LogP contribution in [0, 0.1) is 0 Å². The fraction of sp³-hybridized carbons (Fsp3) is 0.389. The van der Waals surface area contributed by atoms with E-state index in [-0.39, 0.29) is 16.9 Å². The van der Waals surface area contributed by atoms with E-state index in [4.69, 9.17) is 11.6 Å². The molecule has 0 radical (unpaired) electrons. The van der Waals surface area contributed by atoms with Gasteiger partial charge in [-0.2, -0.15) is 0 Å². The average molecular weight is 424 g/mol. The van der Waals surface area contributed by atoms with Gasteiger partial charge in [-0.15, -0.1) is 5.10 Å². The molecule has 0 aliphatic rings. The zero-order chi connectivity index (χ0) is 20.9. The second-order valence-electron chi connectivity index (χ2n) is 6.70. The number of benzene rings is 1. The van der Waals surface area contributed by atoms with Crippen LogP contribution in [0.1, 0.15) is 43.7 Å². The summed E-state index contributed by atoms with van der Waals surface area (Å²) in [6, 6.07) is 4.64. The quantitative estimate of drug-likeness (QED) is 0.709. The normalized spacial score (nSPS) is 11.2. The number of carbonyl (C=O) groups is 3. The van der Waals surface area contributed by atoms with Gasteiger partial charge in [-0.25, -0.2) is 0 Å². The molecule has 0 atom stereocenters. The lowest BCUT2D eigenvalue weighted by Gasteiger charge is -2.24. The van der Waals surface area contributed by atoms with E-state index >= 15 is 0 Å². The van der Waals surface area contributed by atoms with Crippen molar-refractivity contribution in [2.45, 2.75) is 39.8 Å². The number of halogens is 1. The van der Waals surface area contributed by atoms with Crippen molar-refractivity contribution < 1.29 is 14.4 Å². The molecular formula is C18H22ClN5O3S. The minimum atomic E-state index is -0.792. The maximum Gasteiger partial charge on any atom is 0.252 e. The molecule has 0 unspecified atom stereocenters. The summed E-state index contributed by atoms with van der Waals surface area (Å²) in [4.78, 5) is 34.9. The van der Waals surface area contributed by atoms with Gasteiger partial charge in [-0.1, -0.05) is 28.6 Å². The largest absolute Gasteiger partial charge is 0.341 e. The molecule has 0 saturated carbocycles. The van der Waals surface area contributed by atoms with Crippen LogP contribution < -0.4 is 10.6 Å². The Hall–Kier alpha value is -2.39. The molecule has 2 amide bonds. The van der Waals surface area contributed by atoms with Crippen LogP contribution in [0.5, 0.6) is 0 Å². The minimum absolute atomic E-state index is 0.0492. The number of hydrogen-bond acceptors (Lipinski definition) is 6. The Labute approximate surface area is 172 Å². The van der Waals surface area contributed by atoms with Crippen molar-refractivity contribution in [3.63, 3.8) is 0 Å². The summed E-state index contributed by atoms with van der Waals surface area (Å²) in [5.74, 6) is -0.0198. The molecule has 0 spiro atoms. The maximum atomic E-state index is 12.7. The first-order chi connectivity index (χ1) is 13.1. The number of carbonyl (C=O) groups excluding carboxylic acids is 3. The molecule has 1 aromatic heterocycles. The molecule has 2 rings (SSSR count). The standard InChI is InChI=1S/C18H22ClN5O3S/c1-11(25)20-15-8-13(7-14(19)9-15)17(27)21-18(3,4)16-10-24(23-22-16)5-6-28-12(2)26/h7-10H,5-6H2,1-4H3,(H,20,25)(H,21,27). The van der Waals surface area contributed by atoms with Crippen molar-refractivity contribution in [3.8, 4) is 0 Å². The van der Waals surface area contributed by atoms with Gasteiger partial charge in [0.1, 0.15) is 5.69 Å². The van der Waals surface area contributed by atoms with Gasteiger partial charge in [0.25, 0.3) is 5.91 Å². The topological polar surface area (TPSA) is 106 Å². The van der Waals surface area contributed by atoms with Gasteiger partial charge >= 0.3 is 0 Å². The zero-order valence-electron chi connectivity index (χ0n) is 16.1. The monoisotopic (exact) mass is 423 g/mol. The van der Waals surface area contributed by atoms with E-state index in [1.807, 2.05) is 13.8 Å². The SMILES string of the molecule is CC(=O)Nc1cc(Cl)cc(C(=O)NC(C)(C)c2cn(CCSC(C)=O)nn2)c1. The maximum absolute atomic E-state index is 12.7. The lowest BCUT2D eigenvalue weighted by molar-refractivity contribution is -0.114. The lowest BCUT2D eigenvalue weighted by Crippen LogP contribution is -2.41. The summed E-state index contributed by atoms with van der Waals surface area (Å²) in [5, 5.41) is 14.1. The van der Waals surface area contributed by atoms with Gasteiger partial charge < -0.3 is 10.6 Å². The Bertz CT molecular complexity index is 897. The van der Waals surface area contributed by atoms with Crippen LogP contribution in [0.4, 0.5) is 5.69 Å². The van der Waals surface area contributed by atoms with Crippen LogP contribution in [0.25, 0.3) is 0 Å². The van der Waals surface area contributed by atoms with E-state index in [0.29, 0.717) is 34.3 Å². The van der Waals surface area contributed by atoms with Crippen molar-refractivity contribution >= 4 is 46.0 Å². The highest BCUT2D eigenvalue weighted by Crippen LogP contribution is 2.22. The van der Waals surface area contributed by atoms with Crippen molar-refractivity contribution in [2.24, 2.45) is 0 Å². The molecule has 0 fully saturated rings. The van der Waals surface area contributed by atoms with Gasteiger partial charge in [0.15, 0.2) is 5.12 Å². The number of thioether (sulfide) groups is 1. The summed E-state index contributed by atoms with van der Waals surface area (Å²) in [5.41, 5.74) is 0.545. The highest BCUT2D eigenvalue weighted by atomic mass is 35.5. The van der Waals surface area contributed by atoms with E-state index in [0.717, 1.165) is 0 Å². The van der Waals surface area contributed by atoms with Gasteiger partial charge in [0.2, 0.25) is 5.91 Å². The van der Waals surface area contributed by atoms with E-state index in [9.17, 15) is 14.4 Å². The predicted octanol–water partition coefficient (Wildman–Crippen LogP) is 2.83. The number of nitrogens with zero attached hydrogens (tertiary/aromatic N) is 3. The number of rotatable bonds is 7. The van der Waals surface area contributed by atoms with Crippen LogP contribution >= 0.6 is 23.4 Å². The number of hydrogen-bond donors (Lipinski definition) is 2. The van der Waals surface area contributed by atoms with Crippen molar-refractivity contribution in [1.82, 2.24) is 20.3 Å². The number of amides is 2. The highest BCUT2D eigenvalue weighted by Gasteiger charge is 2.27. The molecule has 0 aliphatic heterocycles. The molecule has 0 aliphatic carbocycles. The fourth-order valence-electron chi connectivity index (χ4n) is 2.39. The molecule has 150 valence electrons. The number of aromatic nitrogens is 3. The van der Waals surface area contributed by atoms with Crippen LogP contribution in [-0.4, -0.2) is 37.7 Å². The number of anilines is 1. The summed E-state index contributed by atoms with van der Waals surface area (Å²) in [7, 11) is 0. The number of nitrogens with one attached hydrogen (secondary N) is 2. The molecule has 1 aromatic carbocycles. The Kier molecular flexibility index (Phi) is 7.20. The Morgan fingerprint density at radius 3 is 2.57 bits per heavy atom. The third kappa shape index (κ3) is 6.35. The van der Waals surface area contributed by atoms with Crippen molar-refractivity contribution in [1.29, 1.82) is 0 Å². The first kappa shape index (κ1) is 21.9. The minimum Gasteiger partial charge on any atom is -0.341 e. The first-order valence-electron chi connectivity index (χ1n) is 8.51. The van der Waals surface area contributed by atoms with E-state index < -0.39 is 5.54 Å². The molecule has 8 nitrogen and oxygen atoms in total. The Morgan fingerprint density at radius 2 is 1.93 bits per heavy atom. The van der Waals surface area contributed by atoms with Crippen LogP contribution in [-0.2, 0) is 21.7 Å². The molecule has 2 aromatic rings. The second-order valence-corrected chi connectivity index (χ2v) is 8.40. The second kappa shape index (κ2) is 9.20. The van der Waals surface area contributed by atoms with E-state index in [1.165, 1.54) is 31.7 Å². The van der Waals surface area contributed by atoms with Gasteiger partial charge in [-0.3, -0.25) is 19.1 Å². The van der Waals surface area contributed by atoms with E-state index in [1.54, 1.807) is 23.0 Å². The Balaban J connectivity index is 2.10. The zero-order valence-corrected chi connectivity index (χ0v) is 17.6. The molecule has 1 heterocycles. The Morgan fingerprint density at radius 1 is 1.21 bits per heavy atom. The third-order valence-electron chi connectivity index (χ3n) is 3.71. The predicted molar refractivity (Wildman–Crippen MR) is 109 cm³/mol. The van der Waals surface area contributed by atoms with Gasteiger partial charge in [0.05, 0.1) is 18.3 Å². The van der Waals surface area contributed by atoms with Crippen molar-refractivity contribution in [3.05, 3.63) is 40.7 Å². The van der Waals surface area contributed by atoms with Crippen LogP contribution in [0.2, 0.25) is 5.02 Å². The number of aryl methyl sites for hydroxylation is 1. The fourth-order valence-corrected chi connectivity index (χ4v) is 3.19. The molecular weight excluding hydrogens is 402 g/mol. The lowest BCUT2D eigenvalue weighted by atomic mass is 10.0. The van der Waals surface area contributed by atoms with E-state index in [2.05, 4.69) is 20.9 Å². The van der Waals surface area contributed by atoms with Gasteiger partial charge in [0, 0.05) is 35.9 Å². The summed E-state index contributed by atoms with van der Waals surface area (Å²) >= 11 is 7.27. The average Bonchev–Trinajstić information content (AvgIpc) is 3.02. The summed E-state index contributed by atoms with van der Waals surface area (Å²) < 4.78 is 1.63. The van der Waals surface area contributed by atoms with Crippen LogP contribution in [0.3, 0.4) is 0 Å². The molecule has 0 bridgehead atoms.